The van der Waals surface area contributed by atoms with Crippen LogP contribution in [0.15, 0.2) is 71.3 Å². The lowest BCUT2D eigenvalue weighted by Gasteiger charge is -2.19. The first-order chi connectivity index (χ1) is 15.3. The van der Waals surface area contributed by atoms with E-state index in [2.05, 4.69) is 43.0 Å². The van der Waals surface area contributed by atoms with E-state index in [1.165, 1.54) is 5.56 Å². The van der Waals surface area contributed by atoms with Gasteiger partial charge in [-0.15, -0.1) is 0 Å². The van der Waals surface area contributed by atoms with Crippen LogP contribution in [0, 0.1) is 0 Å². The average molecular weight is 449 g/mol. The molecule has 4 aromatic rings. The Morgan fingerprint density at radius 2 is 1.75 bits per heavy atom. The molecule has 4 rings (SSSR count). The SMILES string of the molecule is COc1ccc(Cl)cc1-c1noc(-c2cccc(COc3ccc(C(C)(C)C)cc3)c2)n1. The predicted octanol–water partition coefficient (Wildman–Crippen LogP) is 6.94. The van der Waals surface area contributed by atoms with Crippen molar-refractivity contribution in [2.75, 3.05) is 7.11 Å². The summed E-state index contributed by atoms with van der Waals surface area (Å²) in [4.78, 5) is 4.54. The van der Waals surface area contributed by atoms with Crippen LogP contribution in [0.5, 0.6) is 11.5 Å². The molecule has 3 aromatic carbocycles. The van der Waals surface area contributed by atoms with Gasteiger partial charge in [0.05, 0.1) is 12.7 Å². The Hall–Kier alpha value is -3.31. The van der Waals surface area contributed by atoms with Crippen molar-refractivity contribution in [2.45, 2.75) is 32.8 Å². The van der Waals surface area contributed by atoms with Gasteiger partial charge in [-0.2, -0.15) is 4.98 Å². The van der Waals surface area contributed by atoms with Gasteiger partial charge >= 0.3 is 0 Å². The van der Waals surface area contributed by atoms with E-state index in [-0.39, 0.29) is 5.41 Å². The van der Waals surface area contributed by atoms with Crippen LogP contribution in [-0.4, -0.2) is 17.3 Å². The highest BCUT2D eigenvalue weighted by atomic mass is 35.5. The molecule has 164 valence electrons. The number of nitrogens with zero attached hydrogens (tertiary/aromatic N) is 2. The Balaban J connectivity index is 1.50. The molecule has 0 N–H and O–H groups in total. The molecule has 1 heterocycles. The Kier molecular flexibility index (Phi) is 6.19. The van der Waals surface area contributed by atoms with Gasteiger partial charge in [0, 0.05) is 10.6 Å². The lowest BCUT2D eigenvalue weighted by atomic mass is 9.87. The average Bonchev–Trinajstić information content (AvgIpc) is 3.28. The van der Waals surface area contributed by atoms with Crippen molar-refractivity contribution in [2.24, 2.45) is 0 Å². The van der Waals surface area contributed by atoms with Crippen molar-refractivity contribution in [1.29, 1.82) is 0 Å². The summed E-state index contributed by atoms with van der Waals surface area (Å²) in [7, 11) is 1.59. The minimum absolute atomic E-state index is 0.116. The van der Waals surface area contributed by atoms with Gasteiger partial charge in [-0.3, -0.25) is 0 Å². The van der Waals surface area contributed by atoms with E-state index in [0.717, 1.165) is 16.9 Å². The molecule has 0 saturated carbocycles. The third-order valence-electron chi connectivity index (χ3n) is 5.13. The molecule has 1 aromatic heterocycles. The second kappa shape index (κ2) is 9.05. The molecule has 0 aliphatic carbocycles. The van der Waals surface area contributed by atoms with E-state index in [4.69, 9.17) is 25.6 Å². The molecule has 0 bridgehead atoms. The van der Waals surface area contributed by atoms with Gasteiger partial charge in [0.15, 0.2) is 0 Å². The standard InChI is InChI=1S/C26H25ClN2O3/c1-26(2,3)19-8-11-21(12-9-19)31-16-17-6-5-7-18(14-17)25-28-24(29-32-25)22-15-20(27)10-13-23(22)30-4/h5-15H,16H2,1-4H3. The van der Waals surface area contributed by atoms with E-state index in [0.29, 0.717) is 34.7 Å². The molecule has 0 radical (unpaired) electrons. The number of rotatable bonds is 6. The predicted molar refractivity (Wildman–Crippen MR) is 126 cm³/mol. The Morgan fingerprint density at radius 1 is 0.969 bits per heavy atom. The van der Waals surface area contributed by atoms with Crippen LogP contribution in [0.2, 0.25) is 5.02 Å². The van der Waals surface area contributed by atoms with Crippen molar-refractivity contribution in [1.82, 2.24) is 10.1 Å². The number of hydrogen-bond donors (Lipinski definition) is 0. The largest absolute Gasteiger partial charge is 0.496 e. The highest BCUT2D eigenvalue weighted by Gasteiger charge is 2.16. The van der Waals surface area contributed by atoms with Crippen LogP contribution in [-0.2, 0) is 12.0 Å². The summed E-state index contributed by atoms with van der Waals surface area (Å²) in [6.45, 7) is 7.02. The molecule has 0 aliphatic rings. The Morgan fingerprint density at radius 3 is 2.47 bits per heavy atom. The summed E-state index contributed by atoms with van der Waals surface area (Å²) in [6.07, 6.45) is 0. The summed E-state index contributed by atoms with van der Waals surface area (Å²) >= 11 is 6.13. The van der Waals surface area contributed by atoms with E-state index < -0.39 is 0 Å². The molecule has 0 saturated heterocycles. The topological polar surface area (TPSA) is 57.4 Å². The molecule has 0 spiro atoms. The first-order valence-corrected chi connectivity index (χ1v) is 10.7. The van der Waals surface area contributed by atoms with E-state index in [1.54, 1.807) is 25.3 Å². The molecule has 32 heavy (non-hydrogen) atoms. The fraction of sp³-hybridized carbons (Fsp3) is 0.231. The third-order valence-corrected chi connectivity index (χ3v) is 5.36. The van der Waals surface area contributed by atoms with Gasteiger partial charge in [-0.05, 0) is 59.0 Å². The quantitative estimate of drug-likeness (QED) is 0.319. The highest BCUT2D eigenvalue weighted by Crippen LogP contribution is 2.32. The summed E-state index contributed by atoms with van der Waals surface area (Å²) in [5, 5.41) is 4.68. The molecular formula is C26H25ClN2O3. The van der Waals surface area contributed by atoms with Gasteiger partial charge in [0.25, 0.3) is 5.89 Å². The van der Waals surface area contributed by atoms with Crippen LogP contribution in [0.1, 0.15) is 31.9 Å². The maximum atomic E-state index is 6.13. The maximum absolute atomic E-state index is 6.13. The van der Waals surface area contributed by atoms with Gasteiger partial charge in [0.2, 0.25) is 5.82 Å². The van der Waals surface area contributed by atoms with E-state index >= 15 is 0 Å². The number of ether oxygens (including phenoxy) is 2. The Bertz CT molecular complexity index is 1210. The van der Waals surface area contributed by atoms with Gasteiger partial charge in [-0.25, -0.2) is 0 Å². The lowest BCUT2D eigenvalue weighted by molar-refractivity contribution is 0.306. The van der Waals surface area contributed by atoms with Crippen molar-refractivity contribution >= 4 is 11.6 Å². The lowest BCUT2D eigenvalue weighted by Crippen LogP contribution is -2.10. The fourth-order valence-electron chi connectivity index (χ4n) is 3.32. The molecule has 0 atom stereocenters. The second-order valence-corrected chi connectivity index (χ2v) is 8.97. The zero-order valence-corrected chi connectivity index (χ0v) is 19.3. The van der Waals surface area contributed by atoms with Crippen molar-refractivity contribution in [3.05, 3.63) is 82.9 Å². The normalized spacial score (nSPS) is 11.4. The molecule has 0 amide bonds. The molecule has 0 unspecified atom stereocenters. The van der Waals surface area contributed by atoms with Crippen molar-refractivity contribution in [3.63, 3.8) is 0 Å². The van der Waals surface area contributed by atoms with Crippen LogP contribution in [0.4, 0.5) is 0 Å². The highest BCUT2D eigenvalue weighted by molar-refractivity contribution is 6.30. The minimum atomic E-state index is 0.116. The number of benzene rings is 3. The zero-order valence-electron chi connectivity index (χ0n) is 18.6. The first kappa shape index (κ1) is 21.9. The van der Waals surface area contributed by atoms with Gasteiger partial charge < -0.3 is 14.0 Å². The zero-order chi connectivity index (χ0) is 22.7. The maximum Gasteiger partial charge on any atom is 0.258 e. The van der Waals surface area contributed by atoms with Gasteiger partial charge in [0.1, 0.15) is 18.1 Å². The smallest absolute Gasteiger partial charge is 0.258 e. The molecule has 5 nitrogen and oxygen atoms in total. The molecule has 0 aliphatic heterocycles. The number of halogens is 1. The third kappa shape index (κ3) is 4.94. The van der Waals surface area contributed by atoms with E-state index in [9.17, 15) is 0 Å². The van der Waals surface area contributed by atoms with Crippen LogP contribution in [0.25, 0.3) is 22.8 Å². The summed E-state index contributed by atoms with van der Waals surface area (Å²) in [5.41, 5.74) is 3.88. The van der Waals surface area contributed by atoms with Crippen LogP contribution >= 0.6 is 11.6 Å². The van der Waals surface area contributed by atoms with E-state index in [1.807, 2.05) is 36.4 Å². The summed E-state index contributed by atoms with van der Waals surface area (Å²) < 4.78 is 16.9. The van der Waals surface area contributed by atoms with Crippen LogP contribution < -0.4 is 9.47 Å². The number of methoxy groups -OCH3 is 1. The van der Waals surface area contributed by atoms with Gasteiger partial charge in [-0.1, -0.05) is 61.8 Å². The minimum Gasteiger partial charge on any atom is -0.496 e. The number of hydrogen-bond acceptors (Lipinski definition) is 5. The van der Waals surface area contributed by atoms with Crippen molar-refractivity contribution < 1.29 is 14.0 Å². The summed E-state index contributed by atoms with van der Waals surface area (Å²) in [6, 6.07) is 21.4. The first-order valence-electron chi connectivity index (χ1n) is 10.3. The monoisotopic (exact) mass is 448 g/mol. The molecular weight excluding hydrogens is 424 g/mol. The summed E-state index contributed by atoms with van der Waals surface area (Å²) in [5.74, 6) is 2.29. The van der Waals surface area contributed by atoms with Crippen LogP contribution in [0.3, 0.4) is 0 Å². The Labute approximate surface area is 193 Å². The fourth-order valence-corrected chi connectivity index (χ4v) is 3.49. The molecule has 0 fully saturated rings. The number of aromatic nitrogens is 2. The molecule has 6 heteroatoms. The second-order valence-electron chi connectivity index (χ2n) is 8.53. The van der Waals surface area contributed by atoms with Crippen molar-refractivity contribution in [3.8, 4) is 34.3 Å².